The van der Waals surface area contributed by atoms with E-state index in [-0.39, 0.29) is 11.5 Å². The van der Waals surface area contributed by atoms with E-state index in [4.69, 9.17) is 5.73 Å². The van der Waals surface area contributed by atoms with Gasteiger partial charge in [-0.05, 0) is 19.1 Å². The highest BCUT2D eigenvalue weighted by Crippen LogP contribution is 2.27. The molecule has 25 heavy (non-hydrogen) atoms. The summed E-state index contributed by atoms with van der Waals surface area (Å²) in [6.07, 6.45) is 1.97. The third kappa shape index (κ3) is 2.48. The fourth-order valence-corrected chi connectivity index (χ4v) is 3.43. The number of nitrogen functional groups attached to an aromatic ring is 1. The number of aromatic nitrogens is 3. The number of anilines is 1. The van der Waals surface area contributed by atoms with Gasteiger partial charge in [0.25, 0.3) is 11.5 Å². The van der Waals surface area contributed by atoms with Crippen molar-refractivity contribution in [3.63, 3.8) is 0 Å². The third-order valence-corrected chi connectivity index (χ3v) is 4.79. The molecule has 1 aliphatic heterocycles. The van der Waals surface area contributed by atoms with Crippen LogP contribution in [0.3, 0.4) is 0 Å². The van der Waals surface area contributed by atoms with Crippen LogP contribution in [0.2, 0.25) is 0 Å². The highest BCUT2D eigenvalue weighted by molar-refractivity contribution is 5.94. The van der Waals surface area contributed by atoms with E-state index in [1.807, 2.05) is 40.7 Å². The molecule has 3 heterocycles. The predicted molar refractivity (Wildman–Crippen MR) is 95.6 cm³/mol. The average Bonchev–Trinajstić information content (AvgIpc) is 2.76. The number of hydrogen-bond acceptors (Lipinski definition) is 4. The Kier molecular flexibility index (Phi) is 3.56. The number of nitrogens with zero attached hydrogens (tertiary/aromatic N) is 3. The van der Waals surface area contributed by atoms with E-state index in [2.05, 4.69) is 9.97 Å². The second-order valence-corrected chi connectivity index (χ2v) is 6.35. The second kappa shape index (κ2) is 5.77. The molecule has 7 heteroatoms. The van der Waals surface area contributed by atoms with Crippen molar-refractivity contribution < 1.29 is 4.79 Å². The first kappa shape index (κ1) is 15.4. The summed E-state index contributed by atoms with van der Waals surface area (Å²) in [6.45, 7) is 3.60. The lowest BCUT2D eigenvalue weighted by molar-refractivity contribution is 0.0759. The highest BCUT2D eigenvalue weighted by atomic mass is 16.2. The lowest BCUT2D eigenvalue weighted by atomic mass is 10.1. The molecular weight excluding hydrogens is 318 g/mol. The van der Waals surface area contributed by atoms with Crippen LogP contribution in [0.4, 0.5) is 5.69 Å². The van der Waals surface area contributed by atoms with Gasteiger partial charge in [-0.3, -0.25) is 9.59 Å². The number of benzene rings is 1. The van der Waals surface area contributed by atoms with E-state index in [9.17, 15) is 9.59 Å². The van der Waals surface area contributed by atoms with Crippen LogP contribution in [0.1, 0.15) is 21.6 Å². The number of aryl methyl sites for hydroxylation is 1. The largest absolute Gasteiger partial charge is 0.395 e. The number of hydrogen-bond donors (Lipinski definition) is 2. The molecule has 0 spiro atoms. The van der Waals surface area contributed by atoms with Crippen LogP contribution in [-0.4, -0.2) is 38.4 Å². The van der Waals surface area contributed by atoms with Crippen molar-refractivity contribution in [2.75, 3.05) is 18.8 Å². The summed E-state index contributed by atoms with van der Waals surface area (Å²) < 4.78 is 1.90. The summed E-state index contributed by atoms with van der Waals surface area (Å²) in [6, 6.07) is 7.57. The zero-order valence-corrected chi connectivity index (χ0v) is 14.0. The minimum Gasteiger partial charge on any atom is -0.395 e. The summed E-state index contributed by atoms with van der Waals surface area (Å²) in [7, 11) is 0. The molecule has 2 aromatic heterocycles. The Morgan fingerprint density at radius 2 is 1.96 bits per heavy atom. The van der Waals surface area contributed by atoms with Gasteiger partial charge < -0.3 is 20.2 Å². The number of aromatic amines is 1. The molecule has 128 valence electrons. The molecule has 7 nitrogen and oxygen atoms in total. The minimum absolute atomic E-state index is 0.000615. The summed E-state index contributed by atoms with van der Waals surface area (Å²) in [5.74, 6) is 0.000615. The van der Waals surface area contributed by atoms with Crippen molar-refractivity contribution in [1.29, 1.82) is 0 Å². The maximum absolute atomic E-state index is 12.8. The van der Waals surface area contributed by atoms with Crippen LogP contribution in [-0.2, 0) is 13.0 Å². The van der Waals surface area contributed by atoms with Gasteiger partial charge >= 0.3 is 0 Å². The predicted octanol–water partition coefficient (Wildman–Crippen LogP) is 1.31. The van der Waals surface area contributed by atoms with Crippen LogP contribution in [0.5, 0.6) is 0 Å². The van der Waals surface area contributed by atoms with Gasteiger partial charge in [-0.2, -0.15) is 0 Å². The molecule has 0 radical (unpaired) electrons. The van der Waals surface area contributed by atoms with Gasteiger partial charge in [0.15, 0.2) is 0 Å². The lowest BCUT2D eigenvalue weighted by Gasteiger charge is -2.20. The molecule has 3 N–H and O–H groups in total. The first-order valence-corrected chi connectivity index (χ1v) is 8.26. The lowest BCUT2D eigenvalue weighted by Crippen LogP contribution is -2.33. The Morgan fingerprint density at radius 3 is 2.72 bits per heavy atom. The van der Waals surface area contributed by atoms with Gasteiger partial charge in [0.2, 0.25) is 0 Å². The number of H-pyrrole nitrogens is 1. The molecule has 0 unspecified atom stereocenters. The van der Waals surface area contributed by atoms with Crippen LogP contribution in [0.25, 0.3) is 11.0 Å². The van der Waals surface area contributed by atoms with Crippen molar-refractivity contribution in [1.82, 2.24) is 19.4 Å². The Labute approximate surface area is 144 Å². The maximum Gasteiger partial charge on any atom is 0.275 e. The Morgan fingerprint density at radius 1 is 1.20 bits per heavy atom. The van der Waals surface area contributed by atoms with Crippen molar-refractivity contribution in [3.05, 3.63) is 57.8 Å². The van der Waals surface area contributed by atoms with Gasteiger partial charge in [0, 0.05) is 37.3 Å². The number of rotatable bonds is 1. The maximum atomic E-state index is 12.8. The van der Waals surface area contributed by atoms with Gasteiger partial charge in [-0.25, -0.2) is 4.98 Å². The Bertz CT molecular complexity index is 1020. The molecule has 0 fully saturated rings. The van der Waals surface area contributed by atoms with Gasteiger partial charge in [0.05, 0.1) is 12.0 Å². The van der Waals surface area contributed by atoms with E-state index in [0.717, 1.165) is 11.3 Å². The Balaban J connectivity index is 1.66. The van der Waals surface area contributed by atoms with Crippen molar-refractivity contribution in [2.24, 2.45) is 0 Å². The molecular formula is C18H19N5O2. The zero-order chi connectivity index (χ0) is 17.6. The topological polar surface area (TPSA) is 97.0 Å². The molecule has 0 aliphatic carbocycles. The number of amides is 1. The fraction of sp³-hybridized carbons (Fsp3) is 0.278. The van der Waals surface area contributed by atoms with Crippen LogP contribution < -0.4 is 11.3 Å². The molecule has 0 saturated carbocycles. The SMILES string of the molecule is Cc1ccc(C(=O)N2CCc3c(N)c4nc[nH]c(=O)c4n3CC2)cc1. The van der Waals surface area contributed by atoms with E-state index in [1.165, 1.54) is 6.33 Å². The summed E-state index contributed by atoms with van der Waals surface area (Å²) in [5, 5.41) is 0. The monoisotopic (exact) mass is 337 g/mol. The minimum atomic E-state index is -0.207. The number of nitrogens with two attached hydrogens (primary N) is 1. The fourth-order valence-electron chi connectivity index (χ4n) is 3.43. The number of nitrogens with one attached hydrogen (secondary N) is 1. The third-order valence-electron chi connectivity index (χ3n) is 4.79. The molecule has 0 atom stereocenters. The first-order chi connectivity index (χ1) is 12.1. The van der Waals surface area contributed by atoms with Gasteiger partial charge in [-0.15, -0.1) is 0 Å². The van der Waals surface area contributed by atoms with Crippen molar-refractivity contribution in [2.45, 2.75) is 19.9 Å². The van der Waals surface area contributed by atoms with E-state index in [1.54, 1.807) is 0 Å². The molecule has 1 aromatic carbocycles. The second-order valence-electron chi connectivity index (χ2n) is 6.35. The Hall–Kier alpha value is -3.09. The smallest absolute Gasteiger partial charge is 0.275 e. The molecule has 0 saturated heterocycles. The number of carbonyl (C=O) groups excluding carboxylic acids is 1. The average molecular weight is 337 g/mol. The summed E-state index contributed by atoms with van der Waals surface area (Å²) in [5.41, 5.74) is 10.2. The standard InChI is InChI=1S/C18H19N5O2/c1-11-2-4-12(5-3-11)18(25)22-7-6-13-14(19)15-16(23(13)9-8-22)17(24)21-10-20-15/h2-5,10H,6-9,19H2,1H3,(H,20,21,24). The van der Waals surface area contributed by atoms with Crippen molar-refractivity contribution >= 4 is 22.6 Å². The van der Waals surface area contributed by atoms with E-state index in [0.29, 0.717) is 48.3 Å². The molecule has 4 rings (SSSR count). The molecule has 1 amide bonds. The van der Waals surface area contributed by atoms with E-state index < -0.39 is 0 Å². The highest BCUT2D eigenvalue weighted by Gasteiger charge is 2.25. The summed E-state index contributed by atoms with van der Waals surface area (Å²) in [4.78, 5) is 33.6. The molecule has 0 bridgehead atoms. The van der Waals surface area contributed by atoms with Crippen LogP contribution in [0, 0.1) is 6.92 Å². The number of carbonyl (C=O) groups is 1. The molecule has 3 aromatic rings. The van der Waals surface area contributed by atoms with Gasteiger partial charge in [-0.1, -0.05) is 17.7 Å². The van der Waals surface area contributed by atoms with Gasteiger partial charge in [0.1, 0.15) is 11.0 Å². The van der Waals surface area contributed by atoms with Crippen LogP contribution in [0.15, 0.2) is 35.4 Å². The number of fused-ring (bicyclic) bond motifs is 3. The van der Waals surface area contributed by atoms with Crippen molar-refractivity contribution in [3.8, 4) is 0 Å². The first-order valence-electron chi connectivity index (χ1n) is 8.26. The molecule has 1 aliphatic rings. The van der Waals surface area contributed by atoms with Crippen LogP contribution >= 0.6 is 0 Å². The zero-order valence-electron chi connectivity index (χ0n) is 14.0. The normalized spacial score (nSPS) is 14.4. The quantitative estimate of drug-likeness (QED) is 0.700. The van der Waals surface area contributed by atoms with E-state index >= 15 is 0 Å². The summed E-state index contributed by atoms with van der Waals surface area (Å²) >= 11 is 0.